The quantitative estimate of drug-likeness (QED) is 0.584. The van der Waals surface area contributed by atoms with Crippen LogP contribution in [0.2, 0.25) is 0 Å². The first-order valence-electron chi connectivity index (χ1n) is 5.59. The number of hydrogen-bond donors (Lipinski definition) is 0. The Hall–Kier alpha value is -0.470. The summed E-state index contributed by atoms with van der Waals surface area (Å²) in [6.45, 7) is 5.58. The van der Waals surface area contributed by atoms with Crippen LogP contribution < -0.4 is 0 Å². The van der Waals surface area contributed by atoms with Gasteiger partial charge in [0.25, 0.3) is 5.91 Å². The third kappa shape index (κ3) is 4.66. The molecule has 1 saturated heterocycles. The van der Waals surface area contributed by atoms with Crippen molar-refractivity contribution in [3.8, 4) is 12.3 Å². The smallest absolute Gasteiger partial charge is 0.256 e. The zero-order valence-electron chi connectivity index (χ0n) is 10.5. The minimum atomic E-state index is -1.13. The molecule has 0 unspecified atom stereocenters. The molecule has 0 bridgehead atoms. The van der Waals surface area contributed by atoms with Crippen LogP contribution in [0, 0.1) is 17.8 Å². The number of carbonyl (C=O) groups is 1. The third-order valence-corrected chi connectivity index (χ3v) is 2.84. The molecule has 1 amide bonds. The minimum absolute atomic E-state index is 0.0149. The highest BCUT2D eigenvalue weighted by atomic mass is 35.5. The lowest BCUT2D eigenvalue weighted by Crippen LogP contribution is -2.46. The van der Waals surface area contributed by atoms with Crippen LogP contribution in [0.1, 0.15) is 13.8 Å². The van der Waals surface area contributed by atoms with Gasteiger partial charge in [-0.05, 0) is 0 Å². The predicted octanol–water partition coefficient (Wildman–Crippen LogP) is 1.65. The van der Waals surface area contributed by atoms with E-state index >= 15 is 0 Å². The number of hydrogen-bond acceptors (Lipinski definition) is 3. The Morgan fingerprint density at radius 2 is 2.06 bits per heavy atom. The van der Waals surface area contributed by atoms with Crippen LogP contribution in [-0.4, -0.2) is 48.2 Å². The molecule has 6 heteroatoms. The molecule has 0 aromatic rings. The van der Waals surface area contributed by atoms with E-state index in [0.717, 1.165) is 0 Å². The Morgan fingerprint density at radius 3 is 2.50 bits per heavy atom. The number of amides is 1. The first-order chi connectivity index (χ1) is 8.35. The van der Waals surface area contributed by atoms with E-state index in [2.05, 4.69) is 5.92 Å². The number of ether oxygens (including phenoxy) is 2. The van der Waals surface area contributed by atoms with Gasteiger partial charge < -0.3 is 14.4 Å². The second-order valence-electron chi connectivity index (χ2n) is 4.94. The maximum Gasteiger partial charge on any atom is 0.256 e. The Balaban J connectivity index is 2.53. The summed E-state index contributed by atoms with van der Waals surface area (Å²) in [5.41, 5.74) is -0.0149. The monoisotopic (exact) mass is 293 g/mol. The first-order valence-corrected chi connectivity index (χ1v) is 6.46. The molecule has 0 aliphatic carbocycles. The largest absolute Gasteiger partial charge is 0.350 e. The predicted molar refractivity (Wildman–Crippen MR) is 70.4 cm³/mol. The summed E-state index contributed by atoms with van der Waals surface area (Å²) in [6, 6.07) is 0. The third-order valence-electron chi connectivity index (χ3n) is 2.47. The molecule has 0 aromatic carbocycles. The van der Waals surface area contributed by atoms with E-state index in [1.54, 1.807) is 0 Å². The van der Waals surface area contributed by atoms with Crippen molar-refractivity contribution in [1.82, 2.24) is 4.90 Å². The fourth-order valence-corrected chi connectivity index (χ4v) is 1.77. The van der Waals surface area contributed by atoms with Crippen molar-refractivity contribution in [1.29, 1.82) is 0 Å². The SMILES string of the molecule is C#CCN(CC1OCC(C)(C)CO1)C(=O)C(Cl)Cl. The van der Waals surface area contributed by atoms with Gasteiger partial charge in [0.1, 0.15) is 0 Å². The summed E-state index contributed by atoms with van der Waals surface area (Å²) >= 11 is 11.1. The molecule has 0 spiro atoms. The van der Waals surface area contributed by atoms with Crippen LogP contribution in [0.25, 0.3) is 0 Å². The second-order valence-corrected chi connectivity index (χ2v) is 6.04. The van der Waals surface area contributed by atoms with E-state index in [-0.39, 0.29) is 18.5 Å². The van der Waals surface area contributed by atoms with E-state index < -0.39 is 17.0 Å². The van der Waals surface area contributed by atoms with E-state index in [4.69, 9.17) is 39.1 Å². The molecule has 0 radical (unpaired) electrons. The molecule has 0 N–H and O–H groups in total. The average Bonchev–Trinajstić information content (AvgIpc) is 2.30. The molecule has 0 aromatic heterocycles. The van der Waals surface area contributed by atoms with Crippen LogP contribution in [0.4, 0.5) is 0 Å². The zero-order chi connectivity index (χ0) is 13.8. The van der Waals surface area contributed by atoms with Crippen molar-refractivity contribution in [3.05, 3.63) is 0 Å². The van der Waals surface area contributed by atoms with Crippen LogP contribution in [0.3, 0.4) is 0 Å². The van der Waals surface area contributed by atoms with E-state index in [1.807, 2.05) is 13.8 Å². The summed E-state index contributed by atoms with van der Waals surface area (Å²) < 4.78 is 11.1. The summed E-state index contributed by atoms with van der Waals surface area (Å²) in [5.74, 6) is 1.95. The van der Waals surface area contributed by atoms with Gasteiger partial charge in [0, 0.05) is 5.41 Å². The summed E-state index contributed by atoms with van der Waals surface area (Å²) in [4.78, 5) is 11.9. The standard InChI is InChI=1S/C12H17Cl2NO3/c1-4-5-15(11(16)10(13)14)6-9-17-7-12(2,3)8-18-9/h1,9-10H,5-8H2,2-3H3. The van der Waals surface area contributed by atoms with Gasteiger partial charge in [-0.1, -0.05) is 43.0 Å². The van der Waals surface area contributed by atoms with Gasteiger partial charge in [-0.25, -0.2) is 0 Å². The van der Waals surface area contributed by atoms with Gasteiger partial charge in [0.15, 0.2) is 11.1 Å². The normalized spacial score (nSPS) is 19.6. The lowest BCUT2D eigenvalue weighted by Gasteiger charge is -2.36. The Bertz CT molecular complexity index is 329. The molecule has 0 atom stereocenters. The van der Waals surface area contributed by atoms with Crippen molar-refractivity contribution >= 4 is 29.1 Å². The van der Waals surface area contributed by atoms with Crippen LogP contribution in [0.5, 0.6) is 0 Å². The summed E-state index contributed by atoms with van der Waals surface area (Å²) in [5, 5.41) is 0. The van der Waals surface area contributed by atoms with Gasteiger partial charge >= 0.3 is 0 Å². The molecule has 18 heavy (non-hydrogen) atoms. The van der Waals surface area contributed by atoms with Crippen LogP contribution >= 0.6 is 23.2 Å². The fourth-order valence-electron chi connectivity index (χ4n) is 1.49. The van der Waals surface area contributed by atoms with E-state index in [1.165, 1.54) is 4.90 Å². The van der Waals surface area contributed by atoms with Crippen LogP contribution in [-0.2, 0) is 14.3 Å². The fraction of sp³-hybridized carbons (Fsp3) is 0.750. The highest BCUT2D eigenvalue weighted by molar-refractivity contribution is 6.53. The van der Waals surface area contributed by atoms with Crippen molar-refractivity contribution in [2.75, 3.05) is 26.3 Å². The molecular formula is C12H17Cl2NO3. The number of terminal acetylenes is 1. The summed E-state index contributed by atoms with van der Waals surface area (Å²) in [6.07, 6.45) is 4.72. The van der Waals surface area contributed by atoms with Crippen molar-refractivity contribution < 1.29 is 14.3 Å². The van der Waals surface area contributed by atoms with Crippen LogP contribution in [0.15, 0.2) is 0 Å². The molecule has 1 rings (SSSR count). The summed E-state index contributed by atoms with van der Waals surface area (Å²) in [7, 11) is 0. The first kappa shape index (κ1) is 15.6. The Kier molecular flexibility index (Phi) is 5.74. The van der Waals surface area contributed by atoms with Gasteiger partial charge in [0.05, 0.1) is 26.3 Å². The van der Waals surface area contributed by atoms with E-state index in [9.17, 15) is 4.79 Å². The molecule has 1 fully saturated rings. The Morgan fingerprint density at radius 1 is 1.50 bits per heavy atom. The van der Waals surface area contributed by atoms with Crippen molar-refractivity contribution in [2.24, 2.45) is 5.41 Å². The topological polar surface area (TPSA) is 38.8 Å². The molecule has 102 valence electrons. The van der Waals surface area contributed by atoms with Gasteiger partial charge in [-0.15, -0.1) is 6.42 Å². The molecular weight excluding hydrogens is 277 g/mol. The Labute approximate surface area is 118 Å². The van der Waals surface area contributed by atoms with Gasteiger partial charge in [-0.3, -0.25) is 4.79 Å². The highest BCUT2D eigenvalue weighted by Crippen LogP contribution is 2.23. The number of nitrogens with zero attached hydrogens (tertiary/aromatic N) is 1. The van der Waals surface area contributed by atoms with Crippen molar-refractivity contribution in [3.63, 3.8) is 0 Å². The van der Waals surface area contributed by atoms with Gasteiger partial charge in [-0.2, -0.15) is 0 Å². The second kappa shape index (κ2) is 6.63. The van der Waals surface area contributed by atoms with Crippen molar-refractivity contribution in [2.45, 2.75) is 25.0 Å². The van der Waals surface area contributed by atoms with E-state index in [0.29, 0.717) is 13.2 Å². The number of rotatable bonds is 4. The zero-order valence-corrected chi connectivity index (χ0v) is 12.0. The highest BCUT2D eigenvalue weighted by Gasteiger charge is 2.31. The number of carbonyl (C=O) groups excluding carboxylic acids is 1. The number of halogens is 2. The number of alkyl halides is 2. The molecule has 1 aliphatic rings. The molecule has 1 aliphatic heterocycles. The molecule has 4 nitrogen and oxygen atoms in total. The van der Waals surface area contributed by atoms with Gasteiger partial charge in [0.2, 0.25) is 0 Å². The lowest BCUT2D eigenvalue weighted by molar-refractivity contribution is -0.226. The average molecular weight is 294 g/mol. The maximum atomic E-state index is 11.7. The minimum Gasteiger partial charge on any atom is -0.350 e. The molecule has 0 saturated carbocycles. The lowest BCUT2D eigenvalue weighted by atomic mass is 9.96. The molecule has 1 heterocycles. The maximum absolute atomic E-state index is 11.7.